The van der Waals surface area contributed by atoms with Crippen LogP contribution in [0.1, 0.15) is 18.3 Å². The summed E-state index contributed by atoms with van der Waals surface area (Å²) in [5.74, 6) is 0.626. The molecule has 0 unspecified atom stereocenters. The van der Waals surface area contributed by atoms with E-state index >= 15 is 0 Å². The van der Waals surface area contributed by atoms with Crippen molar-refractivity contribution in [1.82, 2.24) is 14.8 Å². The van der Waals surface area contributed by atoms with Crippen LogP contribution >= 0.6 is 11.6 Å². The van der Waals surface area contributed by atoms with Gasteiger partial charge in [-0.2, -0.15) is 18.3 Å². The lowest BCUT2D eigenvalue weighted by Gasteiger charge is -2.12. The molecular weight excluding hydrogens is 293 g/mol. The van der Waals surface area contributed by atoms with Crippen molar-refractivity contribution in [1.29, 1.82) is 0 Å². The van der Waals surface area contributed by atoms with Gasteiger partial charge in [-0.25, -0.2) is 9.67 Å². The van der Waals surface area contributed by atoms with Crippen molar-refractivity contribution in [3.8, 4) is 0 Å². The maximum atomic E-state index is 12.6. The number of alkyl halides is 3. The monoisotopic (exact) mass is 304 g/mol. The van der Waals surface area contributed by atoms with Crippen LogP contribution in [0.2, 0.25) is 5.02 Å². The van der Waals surface area contributed by atoms with Crippen molar-refractivity contribution in [2.75, 3.05) is 5.32 Å². The molecule has 0 fully saturated rings. The van der Waals surface area contributed by atoms with Gasteiger partial charge in [0.1, 0.15) is 12.2 Å². The van der Waals surface area contributed by atoms with E-state index in [0.717, 1.165) is 12.1 Å². The van der Waals surface area contributed by atoms with E-state index in [0.29, 0.717) is 12.4 Å². The molecule has 2 rings (SSSR count). The Balaban J connectivity index is 2.17. The summed E-state index contributed by atoms with van der Waals surface area (Å²) in [4.78, 5) is 4.03. The minimum atomic E-state index is -4.40. The lowest BCUT2D eigenvalue weighted by molar-refractivity contribution is -0.137. The molecule has 0 radical (unpaired) electrons. The first kappa shape index (κ1) is 14.6. The molecule has 0 bridgehead atoms. The molecule has 1 heterocycles. The predicted molar refractivity (Wildman–Crippen MR) is 69.5 cm³/mol. The average molecular weight is 305 g/mol. The largest absolute Gasteiger partial charge is 0.416 e. The van der Waals surface area contributed by atoms with Crippen molar-refractivity contribution >= 4 is 17.3 Å². The quantitative estimate of drug-likeness (QED) is 0.939. The highest BCUT2D eigenvalue weighted by atomic mass is 35.5. The summed E-state index contributed by atoms with van der Waals surface area (Å²) < 4.78 is 39.6. The van der Waals surface area contributed by atoms with E-state index in [1.54, 1.807) is 4.68 Å². The average Bonchev–Trinajstić information content (AvgIpc) is 2.83. The van der Waals surface area contributed by atoms with Crippen LogP contribution in [-0.2, 0) is 19.3 Å². The molecule has 0 amide bonds. The minimum absolute atomic E-state index is 0.215. The van der Waals surface area contributed by atoms with Crippen LogP contribution in [-0.4, -0.2) is 14.8 Å². The molecule has 2 aromatic rings. The minimum Gasteiger partial charge on any atom is -0.377 e. The Kier molecular flexibility index (Phi) is 4.17. The van der Waals surface area contributed by atoms with Gasteiger partial charge < -0.3 is 5.32 Å². The third-order valence-electron chi connectivity index (χ3n) is 2.73. The summed E-state index contributed by atoms with van der Waals surface area (Å²) in [5.41, 5.74) is -0.534. The first-order valence-electron chi connectivity index (χ1n) is 5.89. The molecule has 1 aromatic heterocycles. The summed E-state index contributed by atoms with van der Waals surface area (Å²) in [6.07, 6.45) is -3.00. The second-order valence-corrected chi connectivity index (χ2v) is 4.45. The molecule has 0 aliphatic carbocycles. The molecule has 0 atom stereocenters. The Labute approximate surface area is 118 Å². The molecule has 1 N–H and O–H groups in total. The second-order valence-electron chi connectivity index (χ2n) is 4.04. The van der Waals surface area contributed by atoms with Gasteiger partial charge in [0.2, 0.25) is 0 Å². The van der Waals surface area contributed by atoms with Crippen LogP contribution in [0.25, 0.3) is 0 Å². The van der Waals surface area contributed by atoms with Gasteiger partial charge in [0.05, 0.1) is 22.8 Å². The number of nitrogens with one attached hydrogen (secondary N) is 1. The zero-order chi connectivity index (χ0) is 14.8. The molecule has 0 saturated carbocycles. The van der Waals surface area contributed by atoms with Crippen molar-refractivity contribution < 1.29 is 13.2 Å². The maximum Gasteiger partial charge on any atom is 0.416 e. The maximum absolute atomic E-state index is 12.6. The van der Waals surface area contributed by atoms with E-state index in [4.69, 9.17) is 11.6 Å². The van der Waals surface area contributed by atoms with E-state index in [1.165, 1.54) is 12.4 Å². The Morgan fingerprint density at radius 3 is 2.75 bits per heavy atom. The Morgan fingerprint density at radius 1 is 1.35 bits per heavy atom. The fourth-order valence-corrected chi connectivity index (χ4v) is 1.88. The third-order valence-corrected chi connectivity index (χ3v) is 3.06. The van der Waals surface area contributed by atoms with E-state index in [1.807, 2.05) is 6.92 Å². The fraction of sp³-hybridized carbons (Fsp3) is 0.333. The van der Waals surface area contributed by atoms with Gasteiger partial charge in [-0.3, -0.25) is 0 Å². The molecule has 0 saturated heterocycles. The van der Waals surface area contributed by atoms with E-state index < -0.39 is 11.7 Å². The molecule has 8 heteroatoms. The van der Waals surface area contributed by atoms with Crippen LogP contribution in [0, 0.1) is 0 Å². The zero-order valence-electron chi connectivity index (χ0n) is 10.6. The van der Waals surface area contributed by atoms with E-state index in [9.17, 15) is 13.2 Å². The number of halogens is 4. The van der Waals surface area contributed by atoms with Gasteiger partial charge in [-0.15, -0.1) is 0 Å². The highest BCUT2D eigenvalue weighted by molar-refractivity contribution is 6.33. The number of rotatable bonds is 4. The summed E-state index contributed by atoms with van der Waals surface area (Å²) in [7, 11) is 0. The number of aryl methyl sites for hydroxylation is 1. The number of aromatic nitrogens is 3. The van der Waals surface area contributed by atoms with Crippen LogP contribution in [0.4, 0.5) is 18.9 Å². The van der Waals surface area contributed by atoms with Crippen LogP contribution in [0.3, 0.4) is 0 Å². The number of nitrogens with zero attached hydrogens (tertiary/aromatic N) is 3. The lowest BCUT2D eigenvalue weighted by atomic mass is 10.2. The summed E-state index contributed by atoms with van der Waals surface area (Å²) in [6.45, 7) is 2.78. The van der Waals surface area contributed by atoms with Gasteiger partial charge in [-0.1, -0.05) is 11.6 Å². The van der Waals surface area contributed by atoms with Gasteiger partial charge in [0.25, 0.3) is 0 Å². The van der Waals surface area contributed by atoms with Crippen molar-refractivity contribution in [2.45, 2.75) is 26.2 Å². The molecule has 0 aliphatic rings. The van der Waals surface area contributed by atoms with Gasteiger partial charge in [0.15, 0.2) is 0 Å². The zero-order valence-corrected chi connectivity index (χ0v) is 11.3. The number of benzene rings is 1. The second kappa shape index (κ2) is 5.70. The SMILES string of the molecule is CCn1ncnc1CNc1cc(C(F)(F)F)ccc1Cl. The highest BCUT2D eigenvalue weighted by Crippen LogP contribution is 2.33. The van der Waals surface area contributed by atoms with Crippen LogP contribution in [0.15, 0.2) is 24.5 Å². The van der Waals surface area contributed by atoms with Crippen molar-refractivity contribution in [2.24, 2.45) is 0 Å². The number of hydrogen-bond donors (Lipinski definition) is 1. The normalized spacial score (nSPS) is 11.7. The molecule has 108 valence electrons. The predicted octanol–water partition coefficient (Wildman–Crippen LogP) is 3.58. The first-order chi connectivity index (χ1) is 9.41. The van der Waals surface area contributed by atoms with Crippen molar-refractivity contribution in [3.63, 3.8) is 0 Å². The lowest BCUT2D eigenvalue weighted by Crippen LogP contribution is -2.10. The van der Waals surface area contributed by atoms with Crippen LogP contribution < -0.4 is 5.32 Å². The Morgan fingerprint density at radius 2 is 2.10 bits per heavy atom. The fourth-order valence-electron chi connectivity index (χ4n) is 1.70. The van der Waals surface area contributed by atoms with E-state index in [-0.39, 0.29) is 17.3 Å². The molecule has 0 aliphatic heterocycles. The topological polar surface area (TPSA) is 42.7 Å². The van der Waals surface area contributed by atoms with Crippen molar-refractivity contribution in [3.05, 3.63) is 40.9 Å². The third kappa shape index (κ3) is 3.22. The molecule has 1 aromatic carbocycles. The smallest absolute Gasteiger partial charge is 0.377 e. The molecular formula is C12H12ClF3N4. The molecule has 0 spiro atoms. The van der Waals surface area contributed by atoms with Gasteiger partial charge in [-0.05, 0) is 25.1 Å². The molecule has 4 nitrogen and oxygen atoms in total. The van der Waals surface area contributed by atoms with E-state index in [2.05, 4.69) is 15.4 Å². The summed E-state index contributed by atoms with van der Waals surface area (Å²) in [5, 5.41) is 7.05. The number of hydrogen-bond acceptors (Lipinski definition) is 3. The Bertz CT molecular complexity index is 595. The van der Waals surface area contributed by atoms with Gasteiger partial charge >= 0.3 is 6.18 Å². The summed E-state index contributed by atoms with van der Waals surface area (Å²) in [6, 6.07) is 3.15. The standard InChI is InChI=1S/C12H12ClF3N4/c1-2-20-11(18-7-19-20)6-17-10-5-8(12(14,15)16)3-4-9(10)13/h3-5,7,17H,2,6H2,1H3. The first-order valence-corrected chi connectivity index (χ1v) is 6.27. The Hall–Kier alpha value is -1.76. The molecule has 20 heavy (non-hydrogen) atoms. The van der Waals surface area contributed by atoms with Crippen LogP contribution in [0.5, 0.6) is 0 Å². The highest BCUT2D eigenvalue weighted by Gasteiger charge is 2.30. The summed E-state index contributed by atoms with van der Waals surface area (Å²) >= 11 is 5.89. The number of anilines is 1. The van der Waals surface area contributed by atoms with Gasteiger partial charge in [0, 0.05) is 6.54 Å².